The zero-order chi connectivity index (χ0) is 21.9. The van der Waals surface area contributed by atoms with Crippen LogP contribution < -0.4 is 0 Å². The van der Waals surface area contributed by atoms with Crippen LogP contribution in [0.5, 0.6) is 0 Å². The highest BCUT2D eigenvalue weighted by atomic mass is 19.4. The minimum atomic E-state index is -4.42. The minimum absolute atomic E-state index is 0.0916. The van der Waals surface area contributed by atoms with Crippen LogP contribution >= 0.6 is 0 Å². The summed E-state index contributed by atoms with van der Waals surface area (Å²) in [6.07, 6.45) is -0.664. The van der Waals surface area contributed by atoms with E-state index in [2.05, 4.69) is 0 Å². The molecule has 2 heterocycles. The van der Waals surface area contributed by atoms with E-state index >= 15 is 0 Å². The molecule has 1 aromatic rings. The Bertz CT molecular complexity index is 874. The Morgan fingerprint density at radius 3 is 2.23 bits per heavy atom. The standard InChI is InChI=1S/C22H27BF3NO3/c1-19(2)20(3,4)30-23(29-19)17-8-12-27(13-9-17)18(28)21(10-11-21)15-6-5-7-16(14-15)22(24,25)26/h5-8,14H,9-13H2,1-4H3. The molecular weight excluding hydrogens is 394 g/mol. The molecule has 8 heteroatoms. The Labute approximate surface area is 175 Å². The summed E-state index contributed by atoms with van der Waals surface area (Å²) in [6.45, 7) is 8.92. The van der Waals surface area contributed by atoms with Gasteiger partial charge in [0.2, 0.25) is 5.91 Å². The third-order valence-electron chi connectivity index (χ3n) is 6.99. The van der Waals surface area contributed by atoms with E-state index in [9.17, 15) is 18.0 Å². The van der Waals surface area contributed by atoms with Gasteiger partial charge in [0.1, 0.15) is 0 Å². The van der Waals surface area contributed by atoms with Crippen molar-refractivity contribution in [2.75, 3.05) is 13.1 Å². The molecular formula is C22H27BF3NO3. The van der Waals surface area contributed by atoms with Gasteiger partial charge in [0.05, 0.1) is 22.2 Å². The lowest BCUT2D eigenvalue weighted by molar-refractivity contribution is -0.138. The molecule has 0 aromatic heterocycles. The smallest absolute Gasteiger partial charge is 0.400 e. The average molecular weight is 421 g/mol. The van der Waals surface area contributed by atoms with Crippen molar-refractivity contribution in [3.05, 3.63) is 46.9 Å². The number of halogens is 3. The molecule has 162 valence electrons. The quantitative estimate of drug-likeness (QED) is 0.674. The predicted molar refractivity (Wildman–Crippen MR) is 108 cm³/mol. The van der Waals surface area contributed by atoms with E-state index in [1.54, 1.807) is 11.0 Å². The first-order chi connectivity index (χ1) is 13.9. The number of alkyl halides is 3. The zero-order valence-electron chi connectivity index (χ0n) is 17.8. The molecule has 30 heavy (non-hydrogen) atoms. The van der Waals surface area contributed by atoms with Gasteiger partial charge in [-0.05, 0) is 64.1 Å². The maximum atomic E-state index is 13.2. The Hall–Kier alpha value is -1.80. The number of rotatable bonds is 3. The number of benzene rings is 1. The molecule has 1 amide bonds. The van der Waals surface area contributed by atoms with E-state index in [-0.39, 0.29) is 5.91 Å². The normalized spacial score (nSPS) is 24.6. The molecule has 1 aromatic carbocycles. The fourth-order valence-corrected chi connectivity index (χ4v) is 4.12. The molecule has 1 aliphatic carbocycles. The van der Waals surface area contributed by atoms with Crippen LogP contribution in [0.4, 0.5) is 13.2 Å². The second-order valence-corrected chi connectivity index (χ2v) is 9.53. The number of amides is 1. The van der Waals surface area contributed by atoms with E-state index in [0.29, 0.717) is 37.9 Å². The zero-order valence-corrected chi connectivity index (χ0v) is 17.8. The minimum Gasteiger partial charge on any atom is -0.400 e. The molecule has 3 aliphatic rings. The Kier molecular flexibility index (Phi) is 4.90. The van der Waals surface area contributed by atoms with Gasteiger partial charge in [-0.3, -0.25) is 4.79 Å². The molecule has 0 radical (unpaired) electrons. The van der Waals surface area contributed by atoms with E-state index in [1.165, 1.54) is 6.07 Å². The number of nitrogens with zero attached hydrogens (tertiary/aromatic N) is 1. The fraction of sp³-hybridized carbons (Fsp3) is 0.591. The second kappa shape index (κ2) is 6.85. The summed E-state index contributed by atoms with van der Waals surface area (Å²) in [7, 11) is -0.425. The van der Waals surface area contributed by atoms with Crippen molar-refractivity contribution in [1.82, 2.24) is 4.90 Å². The lowest BCUT2D eigenvalue weighted by Gasteiger charge is -2.32. The van der Waals surface area contributed by atoms with Crippen LogP contribution in [-0.4, -0.2) is 42.2 Å². The maximum Gasteiger partial charge on any atom is 0.490 e. The van der Waals surface area contributed by atoms with Gasteiger partial charge >= 0.3 is 13.3 Å². The molecule has 1 saturated carbocycles. The average Bonchev–Trinajstić information content (AvgIpc) is 3.44. The number of hydrogen-bond donors (Lipinski definition) is 0. The molecule has 2 fully saturated rings. The summed E-state index contributed by atoms with van der Waals surface area (Å²) in [4.78, 5) is 15.0. The molecule has 4 nitrogen and oxygen atoms in total. The number of hydrogen-bond acceptors (Lipinski definition) is 3. The molecule has 0 atom stereocenters. The SMILES string of the molecule is CC1(C)OB(C2=CCN(C(=O)C3(c4cccc(C(F)(F)F)c4)CC3)CC2)OC1(C)C. The lowest BCUT2D eigenvalue weighted by Crippen LogP contribution is -2.43. The van der Waals surface area contributed by atoms with Crippen LogP contribution in [0.2, 0.25) is 0 Å². The summed E-state index contributed by atoms with van der Waals surface area (Å²) in [6, 6.07) is 5.19. The third-order valence-corrected chi connectivity index (χ3v) is 6.99. The van der Waals surface area contributed by atoms with Gasteiger partial charge in [-0.15, -0.1) is 0 Å². The highest BCUT2D eigenvalue weighted by molar-refractivity contribution is 6.54. The molecule has 2 aliphatic heterocycles. The third kappa shape index (κ3) is 3.58. The van der Waals surface area contributed by atoms with E-state index in [1.807, 2.05) is 33.8 Å². The van der Waals surface area contributed by atoms with Crippen molar-refractivity contribution in [1.29, 1.82) is 0 Å². The highest BCUT2D eigenvalue weighted by Gasteiger charge is 2.55. The molecule has 0 spiro atoms. The topological polar surface area (TPSA) is 38.8 Å². The van der Waals surface area contributed by atoms with Gasteiger partial charge in [0.25, 0.3) is 0 Å². The maximum absolute atomic E-state index is 13.2. The van der Waals surface area contributed by atoms with E-state index in [4.69, 9.17) is 9.31 Å². The molecule has 1 saturated heterocycles. The van der Waals surface area contributed by atoms with E-state index in [0.717, 1.165) is 17.6 Å². The molecule has 0 N–H and O–H groups in total. The van der Waals surface area contributed by atoms with Gasteiger partial charge in [0, 0.05) is 13.1 Å². The lowest BCUT2D eigenvalue weighted by atomic mass is 9.74. The second-order valence-electron chi connectivity index (χ2n) is 9.53. The summed E-state index contributed by atoms with van der Waals surface area (Å²) < 4.78 is 51.5. The largest absolute Gasteiger partial charge is 0.490 e. The van der Waals surface area contributed by atoms with Crippen LogP contribution in [0, 0.1) is 0 Å². The summed E-state index contributed by atoms with van der Waals surface area (Å²) in [5, 5.41) is 0. The summed E-state index contributed by atoms with van der Waals surface area (Å²) in [5.41, 5.74) is -0.901. The van der Waals surface area contributed by atoms with Crippen molar-refractivity contribution in [3.63, 3.8) is 0 Å². The number of carbonyl (C=O) groups excluding carboxylic acids is 1. The van der Waals surface area contributed by atoms with Crippen molar-refractivity contribution in [3.8, 4) is 0 Å². The van der Waals surface area contributed by atoms with Gasteiger partial charge in [-0.25, -0.2) is 0 Å². The molecule has 0 bridgehead atoms. The van der Waals surface area contributed by atoms with Crippen LogP contribution in [0.1, 0.15) is 58.1 Å². The van der Waals surface area contributed by atoms with Crippen molar-refractivity contribution < 1.29 is 27.3 Å². The van der Waals surface area contributed by atoms with Crippen LogP contribution in [0.15, 0.2) is 35.8 Å². The molecule has 4 rings (SSSR count). The monoisotopic (exact) mass is 421 g/mol. The first kappa shape index (κ1) is 21.4. The van der Waals surface area contributed by atoms with Crippen LogP contribution in [-0.2, 0) is 25.7 Å². The first-order valence-corrected chi connectivity index (χ1v) is 10.4. The van der Waals surface area contributed by atoms with Gasteiger partial charge < -0.3 is 14.2 Å². The van der Waals surface area contributed by atoms with Crippen LogP contribution in [0.25, 0.3) is 0 Å². The van der Waals surface area contributed by atoms with Gasteiger partial charge in [-0.1, -0.05) is 24.3 Å². The van der Waals surface area contributed by atoms with Crippen LogP contribution in [0.3, 0.4) is 0 Å². The summed E-state index contributed by atoms with van der Waals surface area (Å²) >= 11 is 0. The van der Waals surface area contributed by atoms with Crippen molar-refractivity contribution in [2.45, 2.75) is 69.8 Å². The fourth-order valence-electron chi connectivity index (χ4n) is 4.12. The van der Waals surface area contributed by atoms with Gasteiger partial charge in [0.15, 0.2) is 0 Å². The predicted octanol–water partition coefficient (Wildman–Crippen LogP) is 4.53. The number of carbonyl (C=O) groups is 1. The summed E-state index contributed by atoms with van der Waals surface area (Å²) in [5.74, 6) is -0.0916. The Balaban J connectivity index is 1.47. The Morgan fingerprint density at radius 1 is 1.10 bits per heavy atom. The van der Waals surface area contributed by atoms with E-state index < -0.39 is 35.5 Å². The van der Waals surface area contributed by atoms with Crippen molar-refractivity contribution in [2.24, 2.45) is 0 Å². The highest BCUT2D eigenvalue weighted by Crippen LogP contribution is 2.51. The van der Waals surface area contributed by atoms with Crippen molar-refractivity contribution >= 4 is 13.0 Å². The van der Waals surface area contributed by atoms with Gasteiger partial charge in [-0.2, -0.15) is 13.2 Å². The first-order valence-electron chi connectivity index (χ1n) is 10.4. The molecule has 0 unspecified atom stereocenters. The Morgan fingerprint density at radius 2 is 1.73 bits per heavy atom.